The van der Waals surface area contributed by atoms with E-state index in [-0.39, 0.29) is 11.7 Å². The zero-order chi connectivity index (χ0) is 24.5. The van der Waals surface area contributed by atoms with E-state index in [0.717, 1.165) is 61.9 Å². The molecular formula is C31H31FN2OS. The number of fused-ring (bicyclic) bond motifs is 1. The highest BCUT2D eigenvalue weighted by Crippen LogP contribution is 2.37. The highest BCUT2D eigenvalue weighted by atomic mass is 32.1. The van der Waals surface area contributed by atoms with Gasteiger partial charge in [0, 0.05) is 31.1 Å². The standard InChI is InChI=1S/C31H31FN2OS/c32-27-10-8-22(9-11-27)23-12-15-33(16-13-23)18-26-19-34(20-30(26)25-14-17-36-21-25)31(35)29-7-3-5-24-4-1-2-6-28(24)29/h1-11,14,17,21,23,26,30H,12-13,15-16,18-20H2/t26-,30+/m1/s1. The molecule has 3 aromatic carbocycles. The predicted molar refractivity (Wildman–Crippen MR) is 145 cm³/mol. The van der Waals surface area contributed by atoms with E-state index in [2.05, 4.69) is 44.8 Å². The van der Waals surface area contributed by atoms with E-state index in [1.165, 1.54) is 11.1 Å². The van der Waals surface area contributed by atoms with Gasteiger partial charge < -0.3 is 9.80 Å². The second-order valence-corrected chi connectivity index (χ2v) is 11.1. The van der Waals surface area contributed by atoms with Crippen LogP contribution in [0.4, 0.5) is 4.39 Å². The van der Waals surface area contributed by atoms with Gasteiger partial charge in [0.1, 0.15) is 5.82 Å². The van der Waals surface area contributed by atoms with Crippen LogP contribution in [0.25, 0.3) is 10.8 Å². The average molecular weight is 499 g/mol. The quantitative estimate of drug-likeness (QED) is 0.303. The second-order valence-electron chi connectivity index (χ2n) is 10.3. The number of hydrogen-bond donors (Lipinski definition) is 0. The Hall–Kier alpha value is -3.02. The van der Waals surface area contributed by atoms with Crippen LogP contribution in [0.5, 0.6) is 0 Å². The molecule has 4 aromatic rings. The third kappa shape index (κ3) is 4.70. The Kier molecular flexibility index (Phi) is 6.60. The molecule has 6 rings (SSSR count). The largest absolute Gasteiger partial charge is 0.338 e. The first kappa shape index (κ1) is 23.4. The molecule has 0 unspecified atom stereocenters. The molecule has 3 nitrogen and oxygen atoms in total. The molecule has 5 heteroatoms. The fraction of sp³-hybridized carbons (Fsp3) is 0.323. The Morgan fingerprint density at radius 1 is 0.889 bits per heavy atom. The molecule has 0 saturated carbocycles. The zero-order valence-corrected chi connectivity index (χ0v) is 21.2. The van der Waals surface area contributed by atoms with E-state index < -0.39 is 0 Å². The number of carbonyl (C=O) groups excluding carboxylic acids is 1. The van der Waals surface area contributed by atoms with Crippen molar-refractivity contribution in [3.8, 4) is 0 Å². The van der Waals surface area contributed by atoms with Crippen LogP contribution in [0.2, 0.25) is 0 Å². The lowest BCUT2D eigenvalue weighted by atomic mass is 9.87. The monoisotopic (exact) mass is 498 g/mol. The number of halogens is 1. The number of carbonyl (C=O) groups is 1. The third-order valence-electron chi connectivity index (χ3n) is 8.14. The maximum absolute atomic E-state index is 13.7. The number of hydrogen-bond acceptors (Lipinski definition) is 3. The lowest BCUT2D eigenvalue weighted by Crippen LogP contribution is -2.38. The van der Waals surface area contributed by atoms with Crippen LogP contribution < -0.4 is 0 Å². The smallest absolute Gasteiger partial charge is 0.254 e. The summed E-state index contributed by atoms with van der Waals surface area (Å²) in [5.41, 5.74) is 3.41. The lowest BCUT2D eigenvalue weighted by Gasteiger charge is -2.34. The van der Waals surface area contributed by atoms with E-state index in [1.54, 1.807) is 23.5 Å². The highest BCUT2D eigenvalue weighted by molar-refractivity contribution is 7.08. The summed E-state index contributed by atoms with van der Waals surface area (Å²) in [4.78, 5) is 18.4. The Balaban J connectivity index is 1.17. The van der Waals surface area contributed by atoms with Gasteiger partial charge in [-0.15, -0.1) is 0 Å². The van der Waals surface area contributed by atoms with Gasteiger partial charge in [0.15, 0.2) is 0 Å². The Morgan fingerprint density at radius 3 is 2.44 bits per heavy atom. The van der Waals surface area contributed by atoms with Crippen LogP contribution in [0.3, 0.4) is 0 Å². The van der Waals surface area contributed by atoms with E-state index in [9.17, 15) is 9.18 Å². The topological polar surface area (TPSA) is 23.6 Å². The summed E-state index contributed by atoms with van der Waals surface area (Å²) in [5, 5.41) is 6.54. The van der Waals surface area contributed by atoms with Crippen molar-refractivity contribution < 1.29 is 9.18 Å². The Labute approximate surface area is 216 Å². The van der Waals surface area contributed by atoms with Crippen LogP contribution in [-0.4, -0.2) is 48.4 Å². The van der Waals surface area contributed by atoms with Gasteiger partial charge in [0.05, 0.1) is 0 Å². The Bertz CT molecular complexity index is 1320. The fourth-order valence-corrected chi connectivity index (χ4v) is 6.91. The molecule has 2 saturated heterocycles. The van der Waals surface area contributed by atoms with Crippen molar-refractivity contribution >= 4 is 28.0 Å². The normalized spacial score (nSPS) is 21.3. The number of likely N-dealkylation sites (tertiary alicyclic amines) is 2. The van der Waals surface area contributed by atoms with Crippen molar-refractivity contribution in [1.82, 2.24) is 9.80 Å². The van der Waals surface area contributed by atoms with Crippen LogP contribution in [0.15, 0.2) is 83.6 Å². The number of benzene rings is 3. The average Bonchev–Trinajstić information content (AvgIpc) is 3.59. The summed E-state index contributed by atoms with van der Waals surface area (Å²) >= 11 is 1.74. The number of nitrogens with zero attached hydrogens (tertiary/aromatic N) is 2. The minimum atomic E-state index is -0.167. The minimum absolute atomic E-state index is 0.143. The molecule has 2 fully saturated rings. The van der Waals surface area contributed by atoms with Gasteiger partial charge in [0.25, 0.3) is 5.91 Å². The first-order chi connectivity index (χ1) is 17.7. The van der Waals surface area contributed by atoms with E-state index in [1.807, 2.05) is 36.4 Å². The van der Waals surface area contributed by atoms with Gasteiger partial charge in [-0.25, -0.2) is 4.39 Å². The van der Waals surface area contributed by atoms with Crippen molar-refractivity contribution in [2.75, 3.05) is 32.7 Å². The molecule has 1 amide bonds. The van der Waals surface area contributed by atoms with Gasteiger partial charge in [-0.2, -0.15) is 11.3 Å². The molecule has 1 aromatic heterocycles. The summed E-state index contributed by atoms with van der Waals surface area (Å²) in [5.74, 6) is 1.26. The summed E-state index contributed by atoms with van der Waals surface area (Å²) in [6, 6.07) is 23.5. The molecule has 184 valence electrons. The molecular weight excluding hydrogens is 467 g/mol. The van der Waals surface area contributed by atoms with Crippen LogP contribution >= 0.6 is 11.3 Å². The molecule has 0 bridgehead atoms. The van der Waals surface area contributed by atoms with Crippen molar-refractivity contribution in [1.29, 1.82) is 0 Å². The zero-order valence-electron chi connectivity index (χ0n) is 20.4. The van der Waals surface area contributed by atoms with E-state index in [0.29, 0.717) is 17.8 Å². The summed E-state index contributed by atoms with van der Waals surface area (Å²) in [6.45, 7) is 4.67. The van der Waals surface area contributed by atoms with Crippen LogP contribution in [0.1, 0.15) is 46.2 Å². The van der Waals surface area contributed by atoms with Crippen LogP contribution in [-0.2, 0) is 0 Å². The maximum Gasteiger partial charge on any atom is 0.254 e. The van der Waals surface area contributed by atoms with Gasteiger partial charge in [-0.05, 0) is 94.7 Å². The molecule has 2 atom stereocenters. The summed E-state index contributed by atoms with van der Waals surface area (Å²) in [6.07, 6.45) is 2.19. The molecule has 0 aliphatic carbocycles. The van der Waals surface area contributed by atoms with E-state index in [4.69, 9.17) is 0 Å². The molecule has 2 aliphatic heterocycles. The number of rotatable bonds is 5. The van der Waals surface area contributed by atoms with E-state index >= 15 is 0 Å². The van der Waals surface area contributed by atoms with Gasteiger partial charge in [0.2, 0.25) is 0 Å². The summed E-state index contributed by atoms with van der Waals surface area (Å²) in [7, 11) is 0. The fourth-order valence-electron chi connectivity index (χ4n) is 6.18. The molecule has 2 aliphatic rings. The van der Waals surface area contributed by atoms with Crippen molar-refractivity contribution in [2.24, 2.45) is 5.92 Å². The molecule has 0 spiro atoms. The van der Waals surface area contributed by atoms with Crippen molar-refractivity contribution in [3.05, 3.63) is 106 Å². The molecule has 0 radical (unpaired) electrons. The van der Waals surface area contributed by atoms with Gasteiger partial charge in [-0.3, -0.25) is 4.79 Å². The number of thiophene rings is 1. The SMILES string of the molecule is O=C(c1cccc2ccccc12)N1C[C@@H](CN2CCC(c3ccc(F)cc3)CC2)[C@H](c2ccsc2)C1. The van der Waals surface area contributed by atoms with Crippen molar-refractivity contribution in [2.45, 2.75) is 24.7 Å². The van der Waals surface area contributed by atoms with Gasteiger partial charge >= 0.3 is 0 Å². The second kappa shape index (κ2) is 10.2. The first-order valence-electron chi connectivity index (χ1n) is 12.9. The summed E-state index contributed by atoms with van der Waals surface area (Å²) < 4.78 is 13.3. The first-order valence-corrected chi connectivity index (χ1v) is 13.9. The Morgan fingerprint density at radius 2 is 1.67 bits per heavy atom. The lowest BCUT2D eigenvalue weighted by molar-refractivity contribution is 0.0783. The number of piperidine rings is 1. The predicted octanol–water partition coefficient (Wildman–Crippen LogP) is 6.78. The number of amides is 1. The molecule has 36 heavy (non-hydrogen) atoms. The molecule has 0 N–H and O–H groups in total. The van der Waals surface area contributed by atoms with Gasteiger partial charge in [-0.1, -0.05) is 48.5 Å². The highest BCUT2D eigenvalue weighted by Gasteiger charge is 2.38. The van der Waals surface area contributed by atoms with Crippen molar-refractivity contribution in [3.63, 3.8) is 0 Å². The maximum atomic E-state index is 13.7. The van der Waals surface area contributed by atoms with Crippen LogP contribution in [0, 0.1) is 11.7 Å². The third-order valence-corrected chi connectivity index (χ3v) is 8.84. The molecule has 3 heterocycles. The minimum Gasteiger partial charge on any atom is -0.338 e.